The Labute approximate surface area is 89.4 Å². The normalized spacial score (nSPS) is 11.4. The molecule has 0 spiro atoms. The Morgan fingerprint density at radius 1 is 1.47 bits per heavy atom. The van der Waals surface area contributed by atoms with Gasteiger partial charge in [0.15, 0.2) is 0 Å². The summed E-state index contributed by atoms with van der Waals surface area (Å²) in [6, 6.07) is 1.87. The molecular weight excluding hydrogens is 192 g/mol. The molecule has 1 N–H and O–H groups in total. The predicted octanol–water partition coefficient (Wildman–Crippen LogP) is 1.79. The number of hydrogen-bond donors (Lipinski definition) is 1. The molecule has 1 heterocycles. The Kier molecular flexibility index (Phi) is 3.39. The molecule has 0 saturated heterocycles. The van der Waals surface area contributed by atoms with Crippen LogP contribution in [0, 0.1) is 0 Å². The fraction of sp³-hybridized carbons (Fsp3) is 0.545. The summed E-state index contributed by atoms with van der Waals surface area (Å²) in [6.07, 6.45) is 2.15. The van der Waals surface area contributed by atoms with Gasteiger partial charge in [-0.25, -0.2) is 9.97 Å². The van der Waals surface area contributed by atoms with Crippen LogP contribution in [0.5, 0.6) is 0 Å². The number of hydrogen-bond acceptors (Lipinski definition) is 3. The van der Waals surface area contributed by atoms with Gasteiger partial charge in [0, 0.05) is 23.7 Å². The number of aryl methyl sites for hydroxylation is 1. The second-order valence-corrected chi connectivity index (χ2v) is 4.50. The zero-order chi connectivity index (χ0) is 11.5. The van der Waals surface area contributed by atoms with Gasteiger partial charge in [-0.1, -0.05) is 20.8 Å². The lowest BCUT2D eigenvalue weighted by molar-refractivity contribution is -0.137. The Balaban J connectivity index is 2.79. The van der Waals surface area contributed by atoms with Gasteiger partial charge in [0.2, 0.25) is 0 Å². The van der Waals surface area contributed by atoms with Crippen LogP contribution in [0.1, 0.15) is 38.7 Å². The molecule has 1 rings (SSSR count). The third-order valence-electron chi connectivity index (χ3n) is 2.04. The van der Waals surface area contributed by atoms with Crippen LogP contribution < -0.4 is 0 Å². The van der Waals surface area contributed by atoms with Crippen molar-refractivity contribution in [2.75, 3.05) is 0 Å². The van der Waals surface area contributed by atoms with Crippen LogP contribution in [-0.4, -0.2) is 21.0 Å². The lowest BCUT2D eigenvalue weighted by Gasteiger charge is -2.17. The smallest absolute Gasteiger partial charge is 0.303 e. The first-order chi connectivity index (χ1) is 6.89. The third-order valence-corrected chi connectivity index (χ3v) is 2.04. The first-order valence-corrected chi connectivity index (χ1v) is 4.94. The molecule has 0 aliphatic carbocycles. The first kappa shape index (κ1) is 11.6. The van der Waals surface area contributed by atoms with E-state index in [2.05, 4.69) is 30.7 Å². The minimum absolute atomic E-state index is 0.0269. The van der Waals surface area contributed by atoms with E-state index in [1.54, 1.807) is 6.20 Å². The average Bonchev–Trinajstić information content (AvgIpc) is 2.14. The number of nitrogens with zero attached hydrogens (tertiary/aromatic N) is 2. The average molecular weight is 208 g/mol. The van der Waals surface area contributed by atoms with Gasteiger partial charge in [-0.15, -0.1) is 0 Å². The number of carbonyl (C=O) groups is 1. The fourth-order valence-corrected chi connectivity index (χ4v) is 1.16. The molecule has 1 aromatic rings. The minimum Gasteiger partial charge on any atom is -0.481 e. The van der Waals surface area contributed by atoms with Crippen molar-refractivity contribution >= 4 is 5.97 Å². The van der Waals surface area contributed by atoms with Crippen molar-refractivity contribution in [3.05, 3.63) is 23.8 Å². The van der Waals surface area contributed by atoms with E-state index in [4.69, 9.17) is 5.11 Å². The standard InChI is InChI=1S/C11H16N2O2/c1-11(2,3)8-6-7-12-9(13-8)4-5-10(14)15/h6-7H,4-5H2,1-3H3,(H,14,15). The summed E-state index contributed by atoms with van der Waals surface area (Å²) in [5.74, 6) is -0.218. The zero-order valence-corrected chi connectivity index (χ0v) is 9.32. The van der Waals surface area contributed by atoms with E-state index < -0.39 is 5.97 Å². The molecule has 0 aromatic carbocycles. The van der Waals surface area contributed by atoms with Crippen molar-refractivity contribution in [1.82, 2.24) is 9.97 Å². The minimum atomic E-state index is -0.820. The molecule has 82 valence electrons. The van der Waals surface area contributed by atoms with E-state index >= 15 is 0 Å². The predicted molar refractivity (Wildman–Crippen MR) is 56.7 cm³/mol. The van der Waals surface area contributed by atoms with Crippen LogP contribution >= 0.6 is 0 Å². The Morgan fingerprint density at radius 3 is 2.67 bits per heavy atom. The van der Waals surface area contributed by atoms with Gasteiger partial charge < -0.3 is 5.11 Å². The second kappa shape index (κ2) is 4.38. The molecule has 0 saturated carbocycles. The molecule has 0 aliphatic heterocycles. The largest absolute Gasteiger partial charge is 0.481 e. The van der Waals surface area contributed by atoms with Crippen molar-refractivity contribution in [1.29, 1.82) is 0 Å². The summed E-state index contributed by atoms with van der Waals surface area (Å²) in [5.41, 5.74) is 0.916. The van der Waals surface area contributed by atoms with Crippen LogP contribution in [0.2, 0.25) is 0 Å². The highest BCUT2D eigenvalue weighted by Crippen LogP contribution is 2.19. The van der Waals surface area contributed by atoms with E-state index in [-0.39, 0.29) is 11.8 Å². The molecule has 0 aliphatic rings. The maximum Gasteiger partial charge on any atom is 0.303 e. The summed E-state index contributed by atoms with van der Waals surface area (Å²) in [7, 11) is 0. The van der Waals surface area contributed by atoms with Crippen LogP contribution in [0.3, 0.4) is 0 Å². The number of aromatic nitrogens is 2. The molecule has 0 atom stereocenters. The van der Waals surface area contributed by atoms with Crippen molar-refractivity contribution in [2.45, 2.75) is 39.0 Å². The molecule has 0 fully saturated rings. The molecule has 15 heavy (non-hydrogen) atoms. The van der Waals surface area contributed by atoms with E-state index in [1.165, 1.54) is 0 Å². The van der Waals surface area contributed by atoms with E-state index in [0.29, 0.717) is 12.2 Å². The summed E-state index contributed by atoms with van der Waals surface area (Å²) in [5, 5.41) is 8.55. The van der Waals surface area contributed by atoms with Crippen LogP contribution in [-0.2, 0) is 16.6 Å². The quantitative estimate of drug-likeness (QED) is 0.822. The Morgan fingerprint density at radius 2 is 2.13 bits per heavy atom. The highest BCUT2D eigenvalue weighted by Gasteiger charge is 2.15. The van der Waals surface area contributed by atoms with Gasteiger partial charge in [0.25, 0.3) is 0 Å². The number of carboxylic acid groups (broad SMARTS) is 1. The molecule has 4 nitrogen and oxygen atoms in total. The molecule has 1 aromatic heterocycles. The van der Waals surface area contributed by atoms with E-state index in [9.17, 15) is 4.79 Å². The summed E-state index contributed by atoms with van der Waals surface area (Å²) < 4.78 is 0. The van der Waals surface area contributed by atoms with Crippen molar-refractivity contribution < 1.29 is 9.90 Å². The summed E-state index contributed by atoms with van der Waals surface area (Å²) in [4.78, 5) is 18.8. The maximum absolute atomic E-state index is 10.4. The number of rotatable bonds is 3. The van der Waals surface area contributed by atoms with Crippen molar-refractivity contribution in [3.8, 4) is 0 Å². The van der Waals surface area contributed by atoms with Crippen LogP contribution in [0.15, 0.2) is 12.3 Å². The Hall–Kier alpha value is -1.45. The highest BCUT2D eigenvalue weighted by atomic mass is 16.4. The Bertz CT molecular complexity index is 356. The fourth-order valence-electron chi connectivity index (χ4n) is 1.16. The first-order valence-electron chi connectivity index (χ1n) is 4.94. The molecule has 4 heteroatoms. The second-order valence-electron chi connectivity index (χ2n) is 4.50. The van der Waals surface area contributed by atoms with Gasteiger partial charge in [-0.3, -0.25) is 4.79 Å². The van der Waals surface area contributed by atoms with Gasteiger partial charge in [-0.05, 0) is 6.07 Å². The van der Waals surface area contributed by atoms with Crippen molar-refractivity contribution in [2.24, 2.45) is 0 Å². The van der Waals surface area contributed by atoms with Gasteiger partial charge in [-0.2, -0.15) is 0 Å². The lowest BCUT2D eigenvalue weighted by Crippen LogP contribution is -2.15. The lowest BCUT2D eigenvalue weighted by atomic mass is 9.92. The molecule has 0 unspecified atom stereocenters. The SMILES string of the molecule is CC(C)(C)c1ccnc(CCC(=O)O)n1. The monoisotopic (exact) mass is 208 g/mol. The number of aliphatic carboxylic acids is 1. The maximum atomic E-state index is 10.4. The highest BCUT2D eigenvalue weighted by molar-refractivity contribution is 5.66. The molecule has 0 radical (unpaired) electrons. The van der Waals surface area contributed by atoms with Gasteiger partial charge in [0.1, 0.15) is 5.82 Å². The zero-order valence-electron chi connectivity index (χ0n) is 9.32. The molecule has 0 amide bonds. The summed E-state index contributed by atoms with van der Waals surface area (Å²) >= 11 is 0. The van der Waals surface area contributed by atoms with Crippen molar-refractivity contribution in [3.63, 3.8) is 0 Å². The van der Waals surface area contributed by atoms with E-state index in [1.807, 2.05) is 6.07 Å². The summed E-state index contributed by atoms with van der Waals surface area (Å²) in [6.45, 7) is 6.20. The van der Waals surface area contributed by atoms with Gasteiger partial charge in [0.05, 0.1) is 6.42 Å². The van der Waals surface area contributed by atoms with E-state index in [0.717, 1.165) is 5.69 Å². The molecular formula is C11H16N2O2. The van der Waals surface area contributed by atoms with Crippen LogP contribution in [0.25, 0.3) is 0 Å². The number of carboxylic acids is 1. The molecule has 0 bridgehead atoms. The van der Waals surface area contributed by atoms with Gasteiger partial charge >= 0.3 is 5.97 Å². The van der Waals surface area contributed by atoms with Crippen LogP contribution in [0.4, 0.5) is 0 Å². The topological polar surface area (TPSA) is 63.1 Å². The third kappa shape index (κ3) is 3.65.